The summed E-state index contributed by atoms with van der Waals surface area (Å²) in [6.07, 6.45) is 8.56. The Morgan fingerprint density at radius 1 is 0.935 bits per heavy atom. The number of anilines is 4. The molecule has 4 fully saturated rings. The highest BCUT2D eigenvalue weighted by Gasteiger charge is 2.46. The van der Waals surface area contributed by atoms with E-state index in [2.05, 4.69) is 49.5 Å². The fraction of sp³-hybridized carbons (Fsp3) is 0.543. The molecule has 2 aromatic heterocycles. The summed E-state index contributed by atoms with van der Waals surface area (Å²) in [7, 11) is 2.25. The third-order valence-corrected chi connectivity index (χ3v) is 10.5. The second kappa shape index (κ2) is 13.1. The molecule has 0 saturated carbocycles. The van der Waals surface area contributed by atoms with Gasteiger partial charge in [-0.15, -0.1) is 0 Å². The summed E-state index contributed by atoms with van der Waals surface area (Å²) in [6, 6.07) is 13.1. The molecule has 0 bridgehead atoms. The van der Waals surface area contributed by atoms with Crippen molar-refractivity contribution in [3.05, 3.63) is 53.9 Å². The molecule has 1 amide bonds. The molecular formula is C35H47N9O2. The summed E-state index contributed by atoms with van der Waals surface area (Å²) in [5.41, 5.74) is 10.7. The minimum atomic E-state index is -0.647. The molecule has 7 rings (SSSR count). The molecule has 1 aromatic carbocycles. The average Bonchev–Trinajstić information content (AvgIpc) is 3.06. The highest BCUT2D eigenvalue weighted by molar-refractivity contribution is 5.97. The van der Waals surface area contributed by atoms with E-state index in [4.69, 9.17) is 20.4 Å². The molecule has 0 radical (unpaired) electrons. The van der Waals surface area contributed by atoms with Crippen LogP contribution in [0.3, 0.4) is 0 Å². The summed E-state index contributed by atoms with van der Waals surface area (Å²) in [4.78, 5) is 34.6. The average molecular weight is 626 g/mol. The number of rotatable bonds is 8. The van der Waals surface area contributed by atoms with Gasteiger partial charge >= 0.3 is 0 Å². The Balaban J connectivity index is 1.04. The maximum atomic E-state index is 12.7. The van der Waals surface area contributed by atoms with Gasteiger partial charge in [0.15, 0.2) is 17.3 Å². The first-order valence-corrected chi connectivity index (χ1v) is 16.9. The van der Waals surface area contributed by atoms with Gasteiger partial charge in [-0.05, 0) is 107 Å². The van der Waals surface area contributed by atoms with Crippen LogP contribution in [0.5, 0.6) is 0 Å². The van der Waals surface area contributed by atoms with E-state index in [0.29, 0.717) is 47.7 Å². The SMILES string of the molecule is Cc1cccnc1-c1nc(C(N)=O)c(Nc2ccc(N3CCC(N4CC5(CCN(C)CC5)C4)CC3)cc2)nc1NC1CCOCC1. The van der Waals surface area contributed by atoms with E-state index in [1.807, 2.05) is 31.2 Å². The first-order chi connectivity index (χ1) is 22.4. The number of hydrogen-bond acceptors (Lipinski definition) is 10. The number of nitrogens with one attached hydrogen (secondary N) is 2. The van der Waals surface area contributed by atoms with E-state index in [9.17, 15) is 4.79 Å². The number of piperidine rings is 2. The number of benzene rings is 1. The van der Waals surface area contributed by atoms with Gasteiger partial charge in [0.2, 0.25) is 0 Å². The van der Waals surface area contributed by atoms with Crippen LogP contribution in [0.2, 0.25) is 0 Å². The summed E-state index contributed by atoms with van der Waals surface area (Å²) in [5.74, 6) is 0.250. The maximum Gasteiger partial charge on any atom is 0.271 e. The molecule has 0 unspecified atom stereocenters. The van der Waals surface area contributed by atoms with Gasteiger partial charge in [-0.1, -0.05) is 6.07 Å². The summed E-state index contributed by atoms with van der Waals surface area (Å²) >= 11 is 0. The van der Waals surface area contributed by atoms with E-state index < -0.39 is 5.91 Å². The number of carbonyl (C=O) groups is 1. The van der Waals surface area contributed by atoms with Gasteiger partial charge < -0.3 is 30.9 Å². The Hall–Kier alpha value is -3.80. The van der Waals surface area contributed by atoms with E-state index in [1.54, 1.807) is 6.20 Å². The molecule has 3 aromatic rings. The van der Waals surface area contributed by atoms with Crippen molar-refractivity contribution in [2.75, 3.05) is 75.1 Å². The van der Waals surface area contributed by atoms with Crippen molar-refractivity contribution in [2.24, 2.45) is 11.1 Å². The van der Waals surface area contributed by atoms with Crippen LogP contribution in [-0.4, -0.2) is 102 Å². The summed E-state index contributed by atoms with van der Waals surface area (Å²) in [5, 5.41) is 6.90. The third kappa shape index (κ3) is 6.54. The molecular weight excluding hydrogens is 578 g/mol. The monoisotopic (exact) mass is 625 g/mol. The van der Waals surface area contributed by atoms with Crippen molar-refractivity contribution in [3.63, 3.8) is 0 Å². The van der Waals surface area contributed by atoms with Crippen molar-refractivity contribution in [2.45, 2.75) is 57.5 Å². The number of hydrogen-bond donors (Lipinski definition) is 3. The number of nitrogens with zero attached hydrogens (tertiary/aromatic N) is 6. The second-order valence-corrected chi connectivity index (χ2v) is 13.8. The van der Waals surface area contributed by atoms with Crippen LogP contribution in [0.15, 0.2) is 42.6 Å². The molecule has 1 spiro atoms. The maximum absolute atomic E-state index is 12.7. The van der Waals surface area contributed by atoms with Crippen LogP contribution < -0.4 is 21.3 Å². The van der Waals surface area contributed by atoms with E-state index in [-0.39, 0.29) is 11.7 Å². The second-order valence-electron chi connectivity index (χ2n) is 13.8. The summed E-state index contributed by atoms with van der Waals surface area (Å²) in [6.45, 7) is 10.6. The fourth-order valence-corrected chi connectivity index (χ4v) is 7.59. The third-order valence-electron chi connectivity index (χ3n) is 10.5. The largest absolute Gasteiger partial charge is 0.381 e. The van der Waals surface area contributed by atoms with Crippen molar-refractivity contribution < 1.29 is 9.53 Å². The first-order valence-electron chi connectivity index (χ1n) is 16.9. The molecule has 11 heteroatoms. The highest BCUT2D eigenvalue weighted by atomic mass is 16.5. The predicted octanol–water partition coefficient (Wildman–Crippen LogP) is 4.28. The van der Waals surface area contributed by atoms with Crippen LogP contribution in [0.4, 0.5) is 23.0 Å². The normalized spacial score (nSPS) is 21.2. The van der Waals surface area contributed by atoms with Crippen molar-refractivity contribution in [1.82, 2.24) is 24.8 Å². The lowest BCUT2D eigenvalue weighted by Crippen LogP contribution is -2.63. The number of carbonyl (C=O) groups excluding carboxylic acids is 1. The number of ether oxygens (including phenoxy) is 1. The molecule has 4 N–H and O–H groups in total. The Morgan fingerprint density at radius 2 is 1.65 bits per heavy atom. The predicted molar refractivity (Wildman–Crippen MR) is 182 cm³/mol. The van der Waals surface area contributed by atoms with E-state index in [1.165, 1.54) is 57.5 Å². The molecule has 4 aliphatic heterocycles. The molecule has 11 nitrogen and oxygen atoms in total. The number of pyridine rings is 1. The Kier molecular flexibility index (Phi) is 8.80. The first kappa shape index (κ1) is 30.8. The lowest BCUT2D eigenvalue weighted by molar-refractivity contribution is -0.0704. The van der Waals surface area contributed by atoms with Gasteiger partial charge in [0.05, 0.1) is 5.69 Å². The van der Waals surface area contributed by atoms with Crippen LogP contribution >= 0.6 is 0 Å². The van der Waals surface area contributed by atoms with E-state index in [0.717, 1.165) is 37.2 Å². The zero-order valence-electron chi connectivity index (χ0n) is 27.2. The van der Waals surface area contributed by atoms with Crippen molar-refractivity contribution in [3.8, 4) is 11.4 Å². The number of amides is 1. The van der Waals surface area contributed by atoms with Gasteiger partial charge in [0, 0.05) is 69.0 Å². The van der Waals surface area contributed by atoms with Crippen LogP contribution in [0.25, 0.3) is 11.4 Å². The van der Waals surface area contributed by atoms with Gasteiger partial charge in [0.1, 0.15) is 5.69 Å². The number of nitrogens with two attached hydrogens (primary N) is 1. The number of aromatic nitrogens is 3. The van der Waals surface area contributed by atoms with Gasteiger partial charge in [-0.3, -0.25) is 14.7 Å². The molecule has 6 heterocycles. The van der Waals surface area contributed by atoms with Crippen LogP contribution in [0, 0.1) is 12.3 Å². The lowest BCUT2D eigenvalue weighted by atomic mass is 9.71. The standard InChI is InChI=1S/C35H47N9O2/c1-24-4-3-15-37-29(24)30-33(39-26-11-20-46-21-12-26)41-34(31(40-30)32(36)45)38-25-5-7-27(8-6-25)43-16-9-28(10-17-43)44-22-35(23-44)13-18-42(2)19-14-35/h3-8,15,26,28H,9-14,16-23H2,1-2H3,(H2,36,45)(H2,38,39,41). The molecule has 4 aliphatic rings. The Morgan fingerprint density at radius 3 is 2.33 bits per heavy atom. The lowest BCUT2D eigenvalue weighted by Gasteiger charge is -2.57. The smallest absolute Gasteiger partial charge is 0.271 e. The minimum Gasteiger partial charge on any atom is -0.381 e. The minimum absolute atomic E-state index is 0.0803. The number of primary amides is 1. The summed E-state index contributed by atoms with van der Waals surface area (Å²) < 4.78 is 5.56. The van der Waals surface area contributed by atoms with Gasteiger partial charge in [0.25, 0.3) is 5.91 Å². The van der Waals surface area contributed by atoms with Crippen LogP contribution in [-0.2, 0) is 4.74 Å². The topological polar surface area (TPSA) is 125 Å². The van der Waals surface area contributed by atoms with Gasteiger partial charge in [-0.2, -0.15) is 0 Å². The van der Waals surface area contributed by atoms with Crippen LogP contribution in [0.1, 0.15) is 54.6 Å². The number of aryl methyl sites for hydroxylation is 1. The molecule has 46 heavy (non-hydrogen) atoms. The van der Waals surface area contributed by atoms with E-state index >= 15 is 0 Å². The molecule has 0 aliphatic carbocycles. The fourth-order valence-electron chi connectivity index (χ4n) is 7.59. The quantitative estimate of drug-likeness (QED) is 0.334. The van der Waals surface area contributed by atoms with Crippen molar-refractivity contribution in [1.29, 1.82) is 0 Å². The van der Waals surface area contributed by atoms with Crippen molar-refractivity contribution >= 4 is 28.9 Å². The molecule has 244 valence electrons. The Bertz CT molecular complexity index is 1520. The Labute approximate surface area is 271 Å². The zero-order valence-corrected chi connectivity index (χ0v) is 27.2. The highest BCUT2D eigenvalue weighted by Crippen LogP contribution is 2.42. The zero-order chi connectivity index (χ0) is 31.7. The molecule has 4 saturated heterocycles. The number of likely N-dealkylation sites (tertiary alicyclic amines) is 2. The van der Waals surface area contributed by atoms with Gasteiger partial charge in [-0.25, -0.2) is 9.97 Å². The molecule has 0 atom stereocenters.